The van der Waals surface area contributed by atoms with Crippen LogP contribution in [0.2, 0.25) is 0 Å². The molecular formula is C45H40B11N3O. The van der Waals surface area contributed by atoms with Crippen LogP contribution < -0.4 is 60.1 Å². The van der Waals surface area contributed by atoms with E-state index in [1.165, 1.54) is 82.2 Å². The van der Waals surface area contributed by atoms with Gasteiger partial charge in [-0.15, -0.1) is 16.4 Å². The quantitative estimate of drug-likeness (QED) is 0.159. The van der Waals surface area contributed by atoms with Crippen molar-refractivity contribution in [3.05, 3.63) is 109 Å². The summed E-state index contributed by atoms with van der Waals surface area (Å²) in [7, 11) is 24.7. The normalized spacial score (nSPS) is 11.4. The van der Waals surface area contributed by atoms with Gasteiger partial charge in [-0.05, 0) is 44.3 Å². The number of nitrogens with zero attached hydrogens (tertiary/aromatic N) is 3. The van der Waals surface area contributed by atoms with Crippen LogP contribution in [0.5, 0.6) is 0 Å². The Kier molecular flexibility index (Phi) is 10.1. The zero-order chi connectivity index (χ0) is 42.1. The highest BCUT2D eigenvalue weighted by atomic mass is 16.3. The monoisotopic (exact) mass is 759 g/mol. The highest BCUT2D eigenvalue weighted by Gasteiger charge is 2.26. The second-order valence-electron chi connectivity index (χ2n) is 16.7. The number of fused-ring (bicyclic) bond motifs is 3. The lowest BCUT2D eigenvalue weighted by Gasteiger charge is -2.24. The van der Waals surface area contributed by atoms with Gasteiger partial charge in [0, 0.05) is 27.5 Å². The zero-order valence-corrected chi connectivity index (χ0v) is 36.6. The lowest BCUT2D eigenvalue weighted by Crippen LogP contribution is -2.56. The molecule has 0 atom stereocenters. The van der Waals surface area contributed by atoms with E-state index in [1.807, 2.05) is 24.3 Å². The first kappa shape index (κ1) is 39.5. The summed E-state index contributed by atoms with van der Waals surface area (Å²) in [4.78, 5) is 15.5. The predicted molar refractivity (Wildman–Crippen MR) is 290 cm³/mol. The van der Waals surface area contributed by atoms with Gasteiger partial charge in [0.2, 0.25) is 0 Å². The highest BCUT2D eigenvalue weighted by Crippen LogP contribution is 2.31. The minimum atomic E-state index is 0.632. The molecule has 0 N–H and O–H groups in total. The molecule has 2 heterocycles. The van der Waals surface area contributed by atoms with Gasteiger partial charge in [-0.3, -0.25) is 0 Å². The van der Waals surface area contributed by atoms with Crippen LogP contribution in [0.25, 0.3) is 89.5 Å². The SMILES string of the molecule is Bc1c(B)c(B)c(-c2c(B)c(B)c3c(oc4c(B)c(-c5nc(-c6ccccc6)nc(-c6ccc(-c7ccc(-c8ccccc8)cc7)cc6)n5)c(B)c(B)c43)c2B)c(B)c1B. The summed E-state index contributed by atoms with van der Waals surface area (Å²) in [5.41, 5.74) is 25.9. The molecule has 2 aromatic heterocycles. The average Bonchev–Trinajstić information content (AvgIpc) is 3.70. The predicted octanol–water partition coefficient (Wildman–Crippen LogP) is -7.38. The van der Waals surface area contributed by atoms with Crippen LogP contribution in [-0.4, -0.2) is 101 Å². The van der Waals surface area contributed by atoms with Gasteiger partial charge in [0.05, 0.1) is 0 Å². The smallest absolute Gasteiger partial charge is 0.164 e. The molecule has 0 aliphatic rings. The summed E-state index contributed by atoms with van der Waals surface area (Å²) < 4.78 is 7.12. The van der Waals surface area contributed by atoms with Crippen LogP contribution in [0.3, 0.4) is 0 Å². The molecule has 9 rings (SSSR count). The Morgan fingerprint density at radius 3 is 1.03 bits per heavy atom. The van der Waals surface area contributed by atoms with Crippen LogP contribution in [0, 0.1) is 0 Å². The van der Waals surface area contributed by atoms with Crippen LogP contribution in [-0.2, 0) is 0 Å². The molecule has 274 valence electrons. The molecule has 15 heteroatoms. The van der Waals surface area contributed by atoms with E-state index in [2.05, 4.69) is 171 Å². The number of aromatic nitrogens is 3. The summed E-state index contributed by atoms with van der Waals surface area (Å²) in [6.45, 7) is 0. The Morgan fingerprint density at radius 2 is 0.567 bits per heavy atom. The van der Waals surface area contributed by atoms with Crippen molar-refractivity contribution in [1.29, 1.82) is 0 Å². The summed E-state index contributed by atoms with van der Waals surface area (Å²) >= 11 is 0. The molecule has 0 fully saturated rings. The lowest BCUT2D eigenvalue weighted by atomic mass is 9.57. The van der Waals surface area contributed by atoms with Crippen molar-refractivity contribution < 1.29 is 4.42 Å². The zero-order valence-electron chi connectivity index (χ0n) is 36.6. The molecule has 0 spiro atoms. The first-order valence-electron chi connectivity index (χ1n) is 21.0. The largest absolute Gasteiger partial charge is 0.457 e. The minimum Gasteiger partial charge on any atom is -0.457 e. The Morgan fingerprint density at radius 1 is 0.267 bits per heavy atom. The van der Waals surface area contributed by atoms with Crippen LogP contribution in [0.15, 0.2) is 114 Å². The Hall–Kier alpha value is -5.94. The Bertz CT molecular complexity index is 3170. The van der Waals surface area contributed by atoms with Crippen molar-refractivity contribution in [2.24, 2.45) is 0 Å². The fourth-order valence-electron chi connectivity index (χ4n) is 9.43. The maximum Gasteiger partial charge on any atom is 0.164 e. The van der Waals surface area contributed by atoms with Crippen LogP contribution >= 0.6 is 0 Å². The first-order chi connectivity index (χ1) is 28.8. The molecule has 0 saturated heterocycles. The van der Waals surface area contributed by atoms with Gasteiger partial charge in [-0.2, -0.15) is 0 Å². The molecule has 60 heavy (non-hydrogen) atoms. The van der Waals surface area contributed by atoms with Crippen LogP contribution in [0.1, 0.15) is 0 Å². The molecule has 0 aliphatic heterocycles. The summed E-state index contributed by atoms with van der Waals surface area (Å²) in [5, 5.41) is 2.37. The molecule has 4 nitrogen and oxygen atoms in total. The summed E-state index contributed by atoms with van der Waals surface area (Å²) in [6.07, 6.45) is 0. The van der Waals surface area contributed by atoms with Crippen molar-refractivity contribution in [3.63, 3.8) is 0 Å². The first-order valence-corrected chi connectivity index (χ1v) is 21.0. The standard InChI is InChI=1S/C45H40B11N3O/c46-30-26(25-31(47)38(54)40(56)39(55)32(25)48)36(52)41-27(33(30)49)28-34(50)35(51)29(37(53)42(28)60-41)45-58-43(23-9-5-2-6-10-23)57-44(59-45)24-17-15-22(16-18-24)21-13-11-20(12-14-21)19-7-3-1-4-8-19/h1-18H,46-56H2. The van der Waals surface area contributed by atoms with E-state index in [1.54, 1.807) is 0 Å². The Labute approximate surface area is 362 Å². The number of benzene rings is 7. The van der Waals surface area contributed by atoms with Crippen molar-refractivity contribution >= 4 is 168 Å². The van der Waals surface area contributed by atoms with E-state index in [0.29, 0.717) is 17.5 Å². The Balaban J connectivity index is 1.20. The van der Waals surface area contributed by atoms with E-state index in [4.69, 9.17) is 19.4 Å². The molecule has 0 saturated carbocycles. The molecule has 7 aromatic carbocycles. The third-order valence-corrected chi connectivity index (χ3v) is 13.6. The van der Waals surface area contributed by atoms with Crippen molar-refractivity contribution in [2.45, 2.75) is 0 Å². The third-order valence-electron chi connectivity index (χ3n) is 13.6. The van der Waals surface area contributed by atoms with Crippen molar-refractivity contribution in [1.82, 2.24) is 15.0 Å². The molecule has 9 aromatic rings. The van der Waals surface area contributed by atoms with E-state index in [-0.39, 0.29) is 0 Å². The molecule has 0 aliphatic carbocycles. The van der Waals surface area contributed by atoms with E-state index in [9.17, 15) is 0 Å². The van der Waals surface area contributed by atoms with Crippen LogP contribution in [0.4, 0.5) is 0 Å². The van der Waals surface area contributed by atoms with Crippen molar-refractivity contribution in [2.75, 3.05) is 0 Å². The highest BCUT2D eigenvalue weighted by molar-refractivity contribution is 6.71. The number of hydrogen-bond donors (Lipinski definition) is 0. The summed E-state index contributed by atoms with van der Waals surface area (Å²) in [5.74, 6) is 1.91. The van der Waals surface area contributed by atoms with Gasteiger partial charge in [0.1, 0.15) is 97.5 Å². The van der Waals surface area contributed by atoms with Gasteiger partial charge in [-0.1, -0.05) is 142 Å². The number of hydrogen-bond acceptors (Lipinski definition) is 4. The van der Waals surface area contributed by atoms with Gasteiger partial charge in [0.15, 0.2) is 17.5 Å². The minimum absolute atomic E-state index is 0.632. The van der Waals surface area contributed by atoms with Gasteiger partial charge in [-0.25, -0.2) is 15.0 Å². The summed E-state index contributed by atoms with van der Waals surface area (Å²) in [6, 6.07) is 38.0. The number of furan rings is 1. The average molecular weight is 758 g/mol. The van der Waals surface area contributed by atoms with E-state index in [0.717, 1.165) is 49.9 Å². The third kappa shape index (κ3) is 6.36. The molecule has 0 amide bonds. The molecule has 0 bridgehead atoms. The molecule has 0 unspecified atom stereocenters. The van der Waals surface area contributed by atoms with Gasteiger partial charge >= 0.3 is 0 Å². The lowest BCUT2D eigenvalue weighted by molar-refractivity contribution is 0.674. The fraction of sp³-hybridized carbons (Fsp3) is 0. The van der Waals surface area contributed by atoms with Crippen molar-refractivity contribution in [3.8, 4) is 67.5 Å². The topological polar surface area (TPSA) is 51.8 Å². The fourth-order valence-corrected chi connectivity index (χ4v) is 9.43. The van der Waals surface area contributed by atoms with E-state index >= 15 is 0 Å². The second kappa shape index (κ2) is 15.3. The maximum absolute atomic E-state index is 7.12. The second-order valence-corrected chi connectivity index (χ2v) is 16.7. The van der Waals surface area contributed by atoms with E-state index < -0.39 is 0 Å². The van der Waals surface area contributed by atoms with Gasteiger partial charge in [0.25, 0.3) is 0 Å². The maximum atomic E-state index is 7.12. The molecular weight excluding hydrogens is 717 g/mol. The van der Waals surface area contributed by atoms with Gasteiger partial charge < -0.3 is 4.42 Å². The number of rotatable bonds is 6. The molecule has 0 radical (unpaired) electrons.